The number of nitrogens with two attached hydrogens (primary N) is 1. The summed E-state index contributed by atoms with van der Waals surface area (Å²) in [5.74, 6) is -0.587. The standard InChI is InChI=1S/C15H20F3N3O/c1-10(2)20-5-7-21(8-6-20)14(22)12-4-3-11(19)9-13(12)15(16,17)18/h3-4,9-10H,5-8,19H2,1-2H3. The van der Waals surface area contributed by atoms with Gasteiger partial charge < -0.3 is 10.6 Å². The Morgan fingerprint density at radius 1 is 1.18 bits per heavy atom. The van der Waals surface area contributed by atoms with Crippen molar-refractivity contribution < 1.29 is 18.0 Å². The van der Waals surface area contributed by atoms with Gasteiger partial charge in [-0.15, -0.1) is 0 Å². The molecule has 1 heterocycles. The Bertz CT molecular complexity index is 549. The second-order valence-electron chi connectivity index (χ2n) is 5.72. The molecule has 7 heteroatoms. The van der Waals surface area contributed by atoms with Crippen molar-refractivity contribution in [2.75, 3.05) is 31.9 Å². The van der Waals surface area contributed by atoms with Gasteiger partial charge in [0.1, 0.15) is 0 Å². The van der Waals surface area contributed by atoms with E-state index >= 15 is 0 Å². The van der Waals surface area contributed by atoms with Crippen molar-refractivity contribution in [3.63, 3.8) is 0 Å². The Balaban J connectivity index is 2.21. The van der Waals surface area contributed by atoms with E-state index in [4.69, 9.17) is 5.73 Å². The molecule has 0 atom stereocenters. The molecule has 0 aromatic heterocycles. The molecular formula is C15H20F3N3O. The van der Waals surface area contributed by atoms with Gasteiger partial charge >= 0.3 is 6.18 Å². The average Bonchev–Trinajstić information content (AvgIpc) is 2.45. The smallest absolute Gasteiger partial charge is 0.399 e. The highest BCUT2D eigenvalue weighted by atomic mass is 19.4. The summed E-state index contributed by atoms with van der Waals surface area (Å²) in [6, 6.07) is 3.67. The number of amides is 1. The molecule has 122 valence electrons. The zero-order valence-corrected chi connectivity index (χ0v) is 12.7. The van der Waals surface area contributed by atoms with Crippen LogP contribution in [-0.4, -0.2) is 47.9 Å². The highest BCUT2D eigenvalue weighted by Crippen LogP contribution is 2.34. The maximum absolute atomic E-state index is 13.1. The molecule has 1 saturated heterocycles. The molecule has 0 saturated carbocycles. The minimum atomic E-state index is -4.60. The summed E-state index contributed by atoms with van der Waals surface area (Å²) in [7, 11) is 0. The van der Waals surface area contributed by atoms with Crippen LogP contribution in [0.4, 0.5) is 18.9 Å². The van der Waals surface area contributed by atoms with Crippen LogP contribution in [0.25, 0.3) is 0 Å². The number of rotatable bonds is 2. The summed E-state index contributed by atoms with van der Waals surface area (Å²) < 4.78 is 39.3. The van der Waals surface area contributed by atoms with Gasteiger partial charge in [-0.3, -0.25) is 9.69 Å². The molecule has 4 nitrogen and oxygen atoms in total. The van der Waals surface area contributed by atoms with Crippen LogP contribution >= 0.6 is 0 Å². The first-order valence-electron chi connectivity index (χ1n) is 7.20. The van der Waals surface area contributed by atoms with Crippen molar-refractivity contribution >= 4 is 11.6 Å². The number of nitrogens with zero attached hydrogens (tertiary/aromatic N) is 2. The molecule has 1 fully saturated rings. The van der Waals surface area contributed by atoms with Gasteiger partial charge in [0.15, 0.2) is 0 Å². The maximum atomic E-state index is 13.1. The van der Waals surface area contributed by atoms with Crippen LogP contribution in [0.1, 0.15) is 29.8 Å². The lowest BCUT2D eigenvalue weighted by Gasteiger charge is -2.37. The molecule has 2 N–H and O–H groups in total. The molecule has 1 aliphatic heterocycles. The second-order valence-corrected chi connectivity index (χ2v) is 5.72. The molecule has 22 heavy (non-hydrogen) atoms. The topological polar surface area (TPSA) is 49.6 Å². The first-order valence-corrected chi connectivity index (χ1v) is 7.20. The Morgan fingerprint density at radius 3 is 2.27 bits per heavy atom. The molecule has 1 aromatic rings. The zero-order valence-electron chi connectivity index (χ0n) is 12.7. The van der Waals surface area contributed by atoms with Gasteiger partial charge in [-0.1, -0.05) is 0 Å². The van der Waals surface area contributed by atoms with Gasteiger partial charge in [0.05, 0.1) is 11.1 Å². The SMILES string of the molecule is CC(C)N1CCN(C(=O)c2ccc(N)cc2C(F)(F)F)CC1. The highest BCUT2D eigenvalue weighted by molar-refractivity contribution is 5.96. The number of halogens is 3. The molecule has 0 spiro atoms. The molecule has 0 aliphatic carbocycles. The van der Waals surface area contributed by atoms with Crippen LogP contribution in [0.3, 0.4) is 0 Å². The van der Waals surface area contributed by atoms with Gasteiger partial charge in [0.25, 0.3) is 5.91 Å². The number of hydrogen-bond acceptors (Lipinski definition) is 3. The Labute approximate surface area is 127 Å². The van der Waals surface area contributed by atoms with Gasteiger partial charge in [0, 0.05) is 37.9 Å². The molecular weight excluding hydrogens is 295 g/mol. The van der Waals surface area contributed by atoms with E-state index in [9.17, 15) is 18.0 Å². The monoisotopic (exact) mass is 315 g/mol. The van der Waals surface area contributed by atoms with Crippen molar-refractivity contribution in [3.8, 4) is 0 Å². The summed E-state index contributed by atoms with van der Waals surface area (Å²) in [6.45, 7) is 6.30. The predicted molar refractivity (Wildman–Crippen MR) is 78.5 cm³/mol. The molecule has 1 aliphatic rings. The quantitative estimate of drug-likeness (QED) is 0.853. The fourth-order valence-electron chi connectivity index (χ4n) is 2.59. The van der Waals surface area contributed by atoms with Gasteiger partial charge in [0.2, 0.25) is 0 Å². The minimum absolute atomic E-state index is 0.00602. The fraction of sp³-hybridized carbons (Fsp3) is 0.533. The molecule has 0 unspecified atom stereocenters. The largest absolute Gasteiger partial charge is 0.417 e. The lowest BCUT2D eigenvalue weighted by molar-refractivity contribution is -0.138. The van der Waals surface area contributed by atoms with E-state index in [-0.39, 0.29) is 11.3 Å². The summed E-state index contributed by atoms with van der Waals surface area (Å²) in [5.41, 5.74) is 4.11. The van der Waals surface area contributed by atoms with Crippen LogP contribution in [0.15, 0.2) is 18.2 Å². The summed E-state index contributed by atoms with van der Waals surface area (Å²) >= 11 is 0. The van der Waals surface area contributed by atoms with Crippen LogP contribution in [0.2, 0.25) is 0 Å². The van der Waals surface area contributed by atoms with Crippen molar-refractivity contribution in [2.45, 2.75) is 26.1 Å². The summed E-state index contributed by atoms with van der Waals surface area (Å²) in [6.07, 6.45) is -4.60. The van der Waals surface area contributed by atoms with Gasteiger partial charge in [-0.2, -0.15) is 13.2 Å². The van der Waals surface area contributed by atoms with E-state index in [1.807, 2.05) is 0 Å². The van der Waals surface area contributed by atoms with Gasteiger partial charge in [-0.05, 0) is 32.0 Å². The van der Waals surface area contributed by atoms with Crippen molar-refractivity contribution in [1.82, 2.24) is 9.80 Å². The van der Waals surface area contributed by atoms with E-state index in [1.54, 1.807) is 0 Å². The third-order valence-corrected chi connectivity index (χ3v) is 3.91. The van der Waals surface area contributed by atoms with E-state index < -0.39 is 17.6 Å². The number of hydrogen-bond donors (Lipinski definition) is 1. The minimum Gasteiger partial charge on any atom is -0.399 e. The van der Waals surface area contributed by atoms with E-state index in [0.717, 1.165) is 12.1 Å². The van der Waals surface area contributed by atoms with E-state index in [2.05, 4.69) is 18.7 Å². The third-order valence-electron chi connectivity index (χ3n) is 3.91. The van der Waals surface area contributed by atoms with Crippen LogP contribution < -0.4 is 5.73 Å². The van der Waals surface area contributed by atoms with Crippen molar-refractivity contribution in [3.05, 3.63) is 29.3 Å². The normalized spacial score (nSPS) is 17.1. The van der Waals surface area contributed by atoms with Crippen LogP contribution in [0.5, 0.6) is 0 Å². The van der Waals surface area contributed by atoms with Crippen LogP contribution in [-0.2, 0) is 6.18 Å². The number of piperazine rings is 1. The fourth-order valence-corrected chi connectivity index (χ4v) is 2.59. The predicted octanol–water partition coefficient (Wildman–Crippen LogP) is 2.45. The van der Waals surface area contributed by atoms with Crippen LogP contribution in [0, 0.1) is 0 Å². The number of nitrogen functional groups attached to an aromatic ring is 1. The van der Waals surface area contributed by atoms with E-state index in [1.165, 1.54) is 11.0 Å². The lowest BCUT2D eigenvalue weighted by atomic mass is 10.0. The molecule has 0 radical (unpaired) electrons. The third kappa shape index (κ3) is 3.52. The molecule has 1 amide bonds. The number of benzene rings is 1. The zero-order chi connectivity index (χ0) is 16.5. The molecule has 2 rings (SSSR count). The molecule has 0 bridgehead atoms. The first-order chi connectivity index (χ1) is 10.2. The summed E-state index contributed by atoms with van der Waals surface area (Å²) in [4.78, 5) is 16.1. The highest BCUT2D eigenvalue weighted by Gasteiger charge is 2.37. The number of carbonyl (C=O) groups is 1. The summed E-state index contributed by atoms with van der Waals surface area (Å²) in [5, 5.41) is 0. The Hall–Kier alpha value is -1.76. The van der Waals surface area contributed by atoms with Crippen molar-refractivity contribution in [1.29, 1.82) is 0 Å². The Morgan fingerprint density at radius 2 is 1.77 bits per heavy atom. The first kappa shape index (κ1) is 16.6. The Kier molecular flexibility index (Phi) is 4.65. The van der Waals surface area contributed by atoms with Gasteiger partial charge in [-0.25, -0.2) is 0 Å². The van der Waals surface area contributed by atoms with E-state index in [0.29, 0.717) is 32.2 Å². The number of alkyl halides is 3. The number of anilines is 1. The lowest BCUT2D eigenvalue weighted by Crippen LogP contribution is -2.50. The molecule has 1 aromatic carbocycles. The second kappa shape index (κ2) is 6.16. The number of carbonyl (C=O) groups excluding carboxylic acids is 1. The average molecular weight is 315 g/mol. The maximum Gasteiger partial charge on any atom is 0.417 e. The van der Waals surface area contributed by atoms with Crippen molar-refractivity contribution in [2.24, 2.45) is 0 Å².